The summed E-state index contributed by atoms with van der Waals surface area (Å²) < 4.78 is 10.2. The second kappa shape index (κ2) is 10.1. The van der Waals surface area contributed by atoms with Crippen LogP contribution in [0.2, 0.25) is 0 Å². The van der Waals surface area contributed by atoms with Gasteiger partial charge < -0.3 is 19.7 Å². The van der Waals surface area contributed by atoms with Crippen molar-refractivity contribution in [2.75, 3.05) is 26.4 Å². The van der Waals surface area contributed by atoms with E-state index >= 15 is 0 Å². The first kappa shape index (κ1) is 19.4. The predicted octanol–water partition coefficient (Wildman–Crippen LogP) is 2.23. The summed E-state index contributed by atoms with van der Waals surface area (Å²) in [7, 11) is 0. The van der Waals surface area contributed by atoms with Gasteiger partial charge in [0.2, 0.25) is 0 Å². The minimum atomic E-state index is -1.22. The highest BCUT2D eigenvalue weighted by molar-refractivity contribution is 6.36. The smallest absolute Gasteiger partial charge is 0.339 e. The molecular formula is C20H20O6. The van der Waals surface area contributed by atoms with E-state index in [0.29, 0.717) is 11.1 Å². The fourth-order valence-corrected chi connectivity index (χ4v) is 2.38. The molecule has 0 aliphatic heterocycles. The molecule has 0 amide bonds. The summed E-state index contributed by atoms with van der Waals surface area (Å²) in [5, 5.41) is 18.4. The molecule has 2 aromatic rings. The van der Waals surface area contributed by atoms with Crippen LogP contribution in [-0.4, -0.2) is 48.6 Å². The number of aliphatic hydroxyl groups is 1. The Kier molecular flexibility index (Phi) is 7.54. The Morgan fingerprint density at radius 2 is 1.31 bits per heavy atom. The van der Waals surface area contributed by atoms with Crippen LogP contribution in [0.15, 0.2) is 60.7 Å². The summed E-state index contributed by atoms with van der Waals surface area (Å²) >= 11 is 0. The van der Waals surface area contributed by atoms with E-state index in [9.17, 15) is 14.7 Å². The zero-order chi connectivity index (χ0) is 18.8. The SMILES string of the molecule is O=C(O)/C(=C(/C(=O)OCCOCCO)c1ccccc1)c1ccccc1. The van der Waals surface area contributed by atoms with Crippen LogP contribution < -0.4 is 0 Å². The van der Waals surface area contributed by atoms with E-state index < -0.39 is 11.9 Å². The molecule has 0 heterocycles. The topological polar surface area (TPSA) is 93.1 Å². The molecule has 2 aromatic carbocycles. The largest absolute Gasteiger partial charge is 0.478 e. The zero-order valence-corrected chi connectivity index (χ0v) is 14.1. The number of ether oxygens (including phenoxy) is 2. The first-order valence-corrected chi connectivity index (χ1v) is 8.09. The van der Waals surface area contributed by atoms with Crippen LogP contribution in [0.4, 0.5) is 0 Å². The molecule has 0 saturated heterocycles. The molecule has 136 valence electrons. The standard InChI is InChI=1S/C20H20O6/c21-11-12-25-13-14-26-20(24)18(16-9-5-2-6-10-16)17(19(22)23)15-7-3-1-4-8-15/h1-10,21H,11-14H2,(H,22,23)/b18-17+. The van der Waals surface area contributed by atoms with Crippen LogP contribution in [0.5, 0.6) is 0 Å². The molecule has 0 aliphatic carbocycles. The van der Waals surface area contributed by atoms with Gasteiger partial charge in [-0.15, -0.1) is 0 Å². The number of carboxylic acids is 1. The third kappa shape index (κ3) is 5.27. The molecule has 6 heteroatoms. The van der Waals surface area contributed by atoms with Gasteiger partial charge in [0.15, 0.2) is 0 Å². The van der Waals surface area contributed by atoms with E-state index in [1.165, 1.54) is 0 Å². The molecule has 0 spiro atoms. The lowest BCUT2D eigenvalue weighted by molar-refractivity contribution is -0.138. The second-order valence-electron chi connectivity index (χ2n) is 5.26. The number of carboxylic acid groups (broad SMARTS) is 1. The van der Waals surface area contributed by atoms with Crippen LogP contribution in [0, 0.1) is 0 Å². The third-order valence-electron chi connectivity index (χ3n) is 3.49. The molecule has 0 saturated carbocycles. The van der Waals surface area contributed by atoms with Gasteiger partial charge in [-0.3, -0.25) is 0 Å². The molecular weight excluding hydrogens is 336 g/mol. The van der Waals surface area contributed by atoms with Gasteiger partial charge in [0.1, 0.15) is 6.61 Å². The van der Waals surface area contributed by atoms with Crippen LogP contribution in [0.1, 0.15) is 11.1 Å². The highest BCUT2D eigenvalue weighted by Gasteiger charge is 2.24. The number of esters is 1. The van der Waals surface area contributed by atoms with Crippen molar-refractivity contribution in [1.82, 2.24) is 0 Å². The highest BCUT2D eigenvalue weighted by atomic mass is 16.6. The van der Waals surface area contributed by atoms with Crippen molar-refractivity contribution in [2.24, 2.45) is 0 Å². The van der Waals surface area contributed by atoms with Crippen molar-refractivity contribution in [3.8, 4) is 0 Å². The number of aliphatic hydroxyl groups excluding tert-OH is 1. The molecule has 0 unspecified atom stereocenters. The maximum Gasteiger partial charge on any atom is 0.339 e. The second-order valence-corrected chi connectivity index (χ2v) is 5.26. The normalized spacial score (nSPS) is 11.6. The van der Waals surface area contributed by atoms with Gasteiger partial charge in [-0.2, -0.15) is 0 Å². The summed E-state index contributed by atoms with van der Waals surface area (Å²) in [5.41, 5.74) is 0.715. The van der Waals surface area contributed by atoms with Gasteiger partial charge in [0.05, 0.1) is 31.0 Å². The molecule has 6 nitrogen and oxygen atoms in total. The molecule has 2 rings (SSSR count). The Balaban J connectivity index is 2.40. The summed E-state index contributed by atoms with van der Waals surface area (Å²) in [6.07, 6.45) is 0. The number of aliphatic carboxylic acids is 1. The number of hydrogen-bond donors (Lipinski definition) is 2. The van der Waals surface area contributed by atoms with E-state index in [4.69, 9.17) is 14.6 Å². The zero-order valence-electron chi connectivity index (χ0n) is 14.1. The van der Waals surface area contributed by atoms with Gasteiger partial charge in [0, 0.05) is 0 Å². The van der Waals surface area contributed by atoms with Crippen molar-refractivity contribution in [2.45, 2.75) is 0 Å². The molecule has 0 aliphatic rings. The van der Waals surface area contributed by atoms with Crippen molar-refractivity contribution in [3.63, 3.8) is 0 Å². The number of carbonyl (C=O) groups is 2. The van der Waals surface area contributed by atoms with Crippen LogP contribution in [0.3, 0.4) is 0 Å². The van der Waals surface area contributed by atoms with E-state index in [1.54, 1.807) is 60.7 Å². The molecule has 2 N–H and O–H groups in total. The predicted molar refractivity (Wildman–Crippen MR) is 96.2 cm³/mol. The van der Waals surface area contributed by atoms with Crippen LogP contribution >= 0.6 is 0 Å². The third-order valence-corrected chi connectivity index (χ3v) is 3.49. The summed E-state index contributed by atoms with van der Waals surface area (Å²) in [5.74, 6) is -1.96. The minimum Gasteiger partial charge on any atom is -0.478 e. The van der Waals surface area contributed by atoms with Crippen LogP contribution in [0.25, 0.3) is 11.1 Å². The summed E-state index contributed by atoms with van der Waals surface area (Å²) in [6, 6.07) is 17.0. The van der Waals surface area contributed by atoms with Gasteiger partial charge in [0.25, 0.3) is 0 Å². The molecule has 0 bridgehead atoms. The van der Waals surface area contributed by atoms with Crippen molar-refractivity contribution in [1.29, 1.82) is 0 Å². The molecule has 26 heavy (non-hydrogen) atoms. The molecule has 0 radical (unpaired) electrons. The first-order chi connectivity index (χ1) is 12.6. The molecule has 0 aromatic heterocycles. The Hall–Kier alpha value is -2.96. The van der Waals surface area contributed by atoms with Crippen molar-refractivity contribution in [3.05, 3.63) is 71.8 Å². The number of benzene rings is 2. The Morgan fingerprint density at radius 3 is 1.81 bits per heavy atom. The lowest BCUT2D eigenvalue weighted by Gasteiger charge is -2.13. The van der Waals surface area contributed by atoms with Gasteiger partial charge >= 0.3 is 11.9 Å². The van der Waals surface area contributed by atoms with Crippen molar-refractivity contribution >= 4 is 23.1 Å². The van der Waals surface area contributed by atoms with E-state index in [2.05, 4.69) is 0 Å². The van der Waals surface area contributed by atoms with E-state index in [1.807, 2.05) is 0 Å². The van der Waals surface area contributed by atoms with E-state index in [-0.39, 0.29) is 37.6 Å². The fraction of sp³-hybridized carbons (Fsp3) is 0.200. The monoisotopic (exact) mass is 356 g/mol. The highest BCUT2D eigenvalue weighted by Crippen LogP contribution is 2.28. The van der Waals surface area contributed by atoms with Crippen molar-refractivity contribution < 1.29 is 29.3 Å². The minimum absolute atomic E-state index is 0.0218. The summed E-state index contributed by atoms with van der Waals surface area (Å²) in [6.45, 7) is 0.0859. The molecule has 0 atom stereocenters. The Labute approximate surface area is 151 Å². The Morgan fingerprint density at radius 1 is 0.769 bits per heavy atom. The van der Waals surface area contributed by atoms with Gasteiger partial charge in [-0.1, -0.05) is 60.7 Å². The first-order valence-electron chi connectivity index (χ1n) is 8.09. The average Bonchev–Trinajstić information content (AvgIpc) is 2.66. The maximum absolute atomic E-state index is 12.6. The van der Waals surface area contributed by atoms with Gasteiger partial charge in [-0.25, -0.2) is 9.59 Å². The quantitative estimate of drug-likeness (QED) is 0.310. The fourth-order valence-electron chi connectivity index (χ4n) is 2.38. The van der Waals surface area contributed by atoms with Crippen LogP contribution in [-0.2, 0) is 19.1 Å². The number of rotatable bonds is 9. The number of hydrogen-bond acceptors (Lipinski definition) is 5. The van der Waals surface area contributed by atoms with Gasteiger partial charge in [-0.05, 0) is 11.1 Å². The lowest BCUT2D eigenvalue weighted by atomic mass is 9.94. The summed E-state index contributed by atoms with van der Waals surface area (Å²) in [4.78, 5) is 24.6. The molecule has 0 fully saturated rings. The lowest BCUT2D eigenvalue weighted by Crippen LogP contribution is -2.16. The number of carbonyl (C=O) groups excluding carboxylic acids is 1. The Bertz CT molecular complexity index is 752. The van der Waals surface area contributed by atoms with E-state index in [0.717, 1.165) is 0 Å². The average molecular weight is 356 g/mol. The maximum atomic E-state index is 12.6.